The summed E-state index contributed by atoms with van der Waals surface area (Å²) in [6, 6.07) is 2.74. The minimum absolute atomic E-state index is 0.0925. The molecule has 0 saturated heterocycles. The number of hydrogen-bond acceptors (Lipinski definition) is 3. The zero-order valence-electron chi connectivity index (χ0n) is 7.79. The van der Waals surface area contributed by atoms with Crippen molar-refractivity contribution in [2.75, 3.05) is 5.88 Å². The Labute approximate surface area is 95.9 Å². The number of nitrogens with zero attached hydrogens (tertiary/aromatic N) is 1. The molecule has 15 heavy (non-hydrogen) atoms. The molecule has 0 spiro atoms. The second-order valence-electron chi connectivity index (χ2n) is 2.90. The van der Waals surface area contributed by atoms with E-state index in [9.17, 15) is 14.9 Å². The topological polar surface area (TPSA) is 60.2 Å². The summed E-state index contributed by atoms with van der Waals surface area (Å²) in [5.74, 6) is -0.874. The van der Waals surface area contributed by atoms with Gasteiger partial charge in [0.2, 0.25) is 0 Å². The van der Waals surface area contributed by atoms with Gasteiger partial charge in [0, 0.05) is 6.07 Å². The third-order valence-corrected chi connectivity index (χ3v) is 2.64. The quantitative estimate of drug-likeness (QED) is 0.357. The summed E-state index contributed by atoms with van der Waals surface area (Å²) in [7, 11) is 0. The summed E-state index contributed by atoms with van der Waals surface area (Å²) in [5, 5.41) is 10.7. The summed E-state index contributed by atoms with van der Waals surface area (Å²) in [6.07, 6.45) is 0. The normalized spacial score (nSPS) is 10.1. The number of ketones is 1. The molecule has 0 saturated carbocycles. The van der Waals surface area contributed by atoms with Crippen molar-refractivity contribution < 1.29 is 9.72 Å². The first-order chi connectivity index (χ1) is 6.99. The molecule has 80 valence electrons. The molecule has 0 aromatic heterocycles. The lowest BCUT2D eigenvalue weighted by Gasteiger charge is -2.04. The number of hydrogen-bond donors (Lipinski definition) is 0. The average Bonchev–Trinajstić information content (AvgIpc) is 2.20. The fourth-order valence-electron chi connectivity index (χ4n) is 1.15. The van der Waals surface area contributed by atoms with Gasteiger partial charge in [-0.25, -0.2) is 0 Å². The van der Waals surface area contributed by atoms with Gasteiger partial charge in [-0.05, 0) is 12.5 Å². The highest BCUT2D eigenvalue weighted by atomic mass is 35.5. The Bertz CT molecular complexity index is 432. The first-order valence-electron chi connectivity index (χ1n) is 4.01. The molecule has 0 fully saturated rings. The van der Waals surface area contributed by atoms with E-state index >= 15 is 0 Å². The largest absolute Gasteiger partial charge is 0.292 e. The van der Waals surface area contributed by atoms with E-state index in [1.54, 1.807) is 6.92 Å². The number of carbonyl (C=O) groups excluding carboxylic acids is 1. The first-order valence-corrected chi connectivity index (χ1v) is 4.93. The molecule has 6 heteroatoms. The maximum Gasteiger partial charge on any atom is 0.281 e. The molecule has 0 heterocycles. The van der Waals surface area contributed by atoms with Gasteiger partial charge in [0.25, 0.3) is 5.69 Å². The van der Waals surface area contributed by atoms with Gasteiger partial charge in [-0.3, -0.25) is 14.9 Å². The highest BCUT2D eigenvalue weighted by Gasteiger charge is 2.23. The number of aryl methyl sites for hydroxylation is 1. The molecule has 0 radical (unpaired) electrons. The van der Waals surface area contributed by atoms with Crippen LogP contribution in [0.2, 0.25) is 5.02 Å². The summed E-state index contributed by atoms with van der Waals surface area (Å²) < 4.78 is 0. The van der Waals surface area contributed by atoms with Crippen LogP contribution in [0, 0.1) is 17.0 Å². The molecule has 0 unspecified atom stereocenters. The lowest BCUT2D eigenvalue weighted by atomic mass is 10.1. The lowest BCUT2D eigenvalue weighted by molar-refractivity contribution is -0.385. The average molecular weight is 248 g/mol. The monoisotopic (exact) mass is 247 g/mol. The maximum absolute atomic E-state index is 11.4. The predicted octanol–water partition coefficient (Wildman–Crippen LogP) is 2.98. The van der Waals surface area contributed by atoms with E-state index in [1.165, 1.54) is 12.1 Å². The van der Waals surface area contributed by atoms with Gasteiger partial charge in [-0.1, -0.05) is 17.7 Å². The molecule has 1 aromatic rings. The van der Waals surface area contributed by atoms with E-state index in [0.29, 0.717) is 5.56 Å². The van der Waals surface area contributed by atoms with Gasteiger partial charge >= 0.3 is 0 Å². The molecule has 0 aliphatic rings. The van der Waals surface area contributed by atoms with Gasteiger partial charge in [0.1, 0.15) is 5.56 Å². The minimum atomic E-state index is -0.648. The lowest BCUT2D eigenvalue weighted by Crippen LogP contribution is -2.06. The molecular formula is C9H7Cl2NO3. The maximum atomic E-state index is 11.4. The number of nitro benzene ring substituents is 1. The Morgan fingerprint density at radius 3 is 2.60 bits per heavy atom. The Balaban J connectivity index is 3.48. The van der Waals surface area contributed by atoms with Crippen LogP contribution in [0.5, 0.6) is 0 Å². The summed E-state index contributed by atoms with van der Waals surface area (Å²) in [4.78, 5) is 21.4. The molecule has 4 nitrogen and oxygen atoms in total. The summed E-state index contributed by atoms with van der Waals surface area (Å²) in [6.45, 7) is 1.66. The van der Waals surface area contributed by atoms with Gasteiger partial charge in [-0.2, -0.15) is 0 Å². The molecule has 0 bridgehead atoms. The molecule has 0 aliphatic heterocycles. The zero-order chi connectivity index (χ0) is 11.6. The molecule has 0 N–H and O–H groups in total. The van der Waals surface area contributed by atoms with Crippen LogP contribution in [-0.2, 0) is 0 Å². The van der Waals surface area contributed by atoms with Crippen molar-refractivity contribution >= 4 is 34.7 Å². The van der Waals surface area contributed by atoms with E-state index in [4.69, 9.17) is 23.2 Å². The molecule has 1 rings (SSSR count). The van der Waals surface area contributed by atoms with Crippen LogP contribution in [0.25, 0.3) is 0 Å². The standard InChI is InChI=1S/C9H7Cl2NO3/c1-5-2-3-6(12(14)15)8(9(5)11)7(13)4-10/h2-3H,4H2,1H3. The highest BCUT2D eigenvalue weighted by molar-refractivity contribution is 6.38. The van der Waals surface area contributed by atoms with Crippen molar-refractivity contribution in [3.8, 4) is 0 Å². The number of benzene rings is 1. The summed E-state index contributed by atoms with van der Waals surface area (Å²) in [5.41, 5.74) is 0.184. The van der Waals surface area contributed by atoms with Crippen molar-refractivity contribution in [1.82, 2.24) is 0 Å². The zero-order valence-corrected chi connectivity index (χ0v) is 9.30. The molecule has 0 aliphatic carbocycles. The van der Waals surface area contributed by atoms with Crippen molar-refractivity contribution in [1.29, 1.82) is 0 Å². The van der Waals surface area contributed by atoms with Gasteiger partial charge < -0.3 is 0 Å². The number of halogens is 2. The highest BCUT2D eigenvalue weighted by Crippen LogP contribution is 2.29. The van der Waals surface area contributed by atoms with Crippen LogP contribution in [0.3, 0.4) is 0 Å². The van der Waals surface area contributed by atoms with E-state index in [2.05, 4.69) is 0 Å². The van der Waals surface area contributed by atoms with Crippen molar-refractivity contribution in [3.63, 3.8) is 0 Å². The van der Waals surface area contributed by atoms with E-state index in [0.717, 1.165) is 0 Å². The van der Waals surface area contributed by atoms with Crippen LogP contribution >= 0.6 is 23.2 Å². The minimum Gasteiger partial charge on any atom is -0.292 e. The molecule has 0 atom stereocenters. The Kier molecular flexibility index (Phi) is 3.66. The second-order valence-corrected chi connectivity index (χ2v) is 3.55. The van der Waals surface area contributed by atoms with Crippen molar-refractivity contribution in [2.24, 2.45) is 0 Å². The number of alkyl halides is 1. The van der Waals surface area contributed by atoms with Crippen LogP contribution < -0.4 is 0 Å². The van der Waals surface area contributed by atoms with Crippen molar-refractivity contribution in [2.45, 2.75) is 6.92 Å². The summed E-state index contributed by atoms with van der Waals surface area (Å²) >= 11 is 11.2. The second kappa shape index (κ2) is 4.59. The van der Waals surface area contributed by atoms with E-state index in [-0.39, 0.29) is 22.2 Å². The SMILES string of the molecule is Cc1ccc([N+](=O)[O-])c(C(=O)CCl)c1Cl. The fourth-order valence-corrected chi connectivity index (χ4v) is 1.55. The van der Waals surface area contributed by atoms with Gasteiger partial charge in [-0.15, -0.1) is 11.6 Å². The van der Waals surface area contributed by atoms with Gasteiger partial charge in [0.15, 0.2) is 5.78 Å². The number of nitro groups is 1. The Morgan fingerprint density at radius 1 is 1.53 bits per heavy atom. The first kappa shape index (κ1) is 11.9. The number of carbonyl (C=O) groups is 1. The molecular weight excluding hydrogens is 241 g/mol. The smallest absolute Gasteiger partial charge is 0.281 e. The number of Topliss-reactive ketones (excluding diaryl/α,β-unsaturated/α-hetero) is 1. The Hall–Kier alpha value is -1.13. The fraction of sp³-hybridized carbons (Fsp3) is 0.222. The van der Waals surface area contributed by atoms with Crippen LogP contribution in [0.1, 0.15) is 15.9 Å². The Morgan fingerprint density at radius 2 is 2.13 bits per heavy atom. The van der Waals surface area contributed by atoms with Crippen LogP contribution in [0.15, 0.2) is 12.1 Å². The van der Waals surface area contributed by atoms with Crippen LogP contribution in [0.4, 0.5) is 5.69 Å². The predicted molar refractivity (Wildman–Crippen MR) is 57.9 cm³/mol. The third kappa shape index (κ3) is 2.27. The van der Waals surface area contributed by atoms with Gasteiger partial charge in [0.05, 0.1) is 15.8 Å². The molecule has 0 amide bonds. The van der Waals surface area contributed by atoms with E-state index < -0.39 is 10.7 Å². The molecule has 1 aromatic carbocycles. The number of rotatable bonds is 3. The van der Waals surface area contributed by atoms with Crippen LogP contribution in [-0.4, -0.2) is 16.6 Å². The van der Waals surface area contributed by atoms with Crippen molar-refractivity contribution in [3.05, 3.63) is 38.4 Å². The van der Waals surface area contributed by atoms with E-state index in [1.807, 2.05) is 0 Å². The third-order valence-electron chi connectivity index (χ3n) is 1.91.